The lowest BCUT2D eigenvalue weighted by atomic mass is 9.96. The standard InChI is InChI=1S/C15H10O4/c16-7-10-3-1-2-4-12(10)13-6-15-14(18-9-19-15)5-11(13)8-17/h1-8H,9H2. The molecule has 4 heteroatoms. The number of benzene rings is 2. The van der Waals surface area contributed by atoms with E-state index in [4.69, 9.17) is 9.47 Å². The molecule has 0 amide bonds. The van der Waals surface area contributed by atoms with Gasteiger partial charge in [0.2, 0.25) is 6.79 Å². The molecule has 0 radical (unpaired) electrons. The van der Waals surface area contributed by atoms with Crippen LogP contribution >= 0.6 is 0 Å². The minimum Gasteiger partial charge on any atom is -0.454 e. The van der Waals surface area contributed by atoms with Crippen LogP contribution in [0.3, 0.4) is 0 Å². The number of aldehydes is 2. The SMILES string of the molecule is O=Cc1ccccc1-c1cc2c(cc1C=O)OCO2. The van der Waals surface area contributed by atoms with Crippen molar-refractivity contribution in [3.63, 3.8) is 0 Å². The number of carbonyl (C=O) groups is 2. The Kier molecular flexibility index (Phi) is 2.76. The smallest absolute Gasteiger partial charge is 0.231 e. The van der Waals surface area contributed by atoms with Crippen LogP contribution in [0.4, 0.5) is 0 Å². The molecule has 1 aliphatic rings. The summed E-state index contributed by atoms with van der Waals surface area (Å²) in [4.78, 5) is 22.3. The number of hydrogen-bond acceptors (Lipinski definition) is 4. The highest BCUT2D eigenvalue weighted by molar-refractivity contribution is 5.95. The first-order chi connectivity index (χ1) is 9.33. The van der Waals surface area contributed by atoms with Gasteiger partial charge in [0.15, 0.2) is 24.1 Å². The van der Waals surface area contributed by atoms with E-state index in [0.717, 1.165) is 12.6 Å². The van der Waals surface area contributed by atoms with Crippen LogP contribution in [0.1, 0.15) is 20.7 Å². The Morgan fingerprint density at radius 3 is 2.26 bits per heavy atom. The number of carbonyl (C=O) groups excluding carboxylic acids is 2. The molecule has 19 heavy (non-hydrogen) atoms. The summed E-state index contributed by atoms with van der Waals surface area (Å²) >= 11 is 0. The molecule has 0 fully saturated rings. The van der Waals surface area contributed by atoms with Gasteiger partial charge in [0.25, 0.3) is 0 Å². The molecule has 2 aromatic rings. The molecular weight excluding hydrogens is 244 g/mol. The largest absolute Gasteiger partial charge is 0.454 e. The van der Waals surface area contributed by atoms with E-state index in [1.807, 2.05) is 6.07 Å². The van der Waals surface area contributed by atoms with Crippen LogP contribution in [0.5, 0.6) is 11.5 Å². The van der Waals surface area contributed by atoms with Gasteiger partial charge < -0.3 is 9.47 Å². The second-order valence-electron chi connectivity index (χ2n) is 4.12. The van der Waals surface area contributed by atoms with Crippen LogP contribution in [0.2, 0.25) is 0 Å². The van der Waals surface area contributed by atoms with Gasteiger partial charge in [0, 0.05) is 11.1 Å². The summed E-state index contributed by atoms with van der Waals surface area (Å²) in [6.45, 7) is 0.145. The van der Waals surface area contributed by atoms with Gasteiger partial charge in [-0.15, -0.1) is 0 Å². The average Bonchev–Trinajstić information content (AvgIpc) is 2.93. The second kappa shape index (κ2) is 4.57. The van der Waals surface area contributed by atoms with Crippen molar-refractivity contribution in [2.24, 2.45) is 0 Å². The maximum atomic E-state index is 11.2. The molecule has 0 aliphatic carbocycles. The molecular formula is C15H10O4. The van der Waals surface area contributed by atoms with E-state index < -0.39 is 0 Å². The fourth-order valence-electron chi connectivity index (χ4n) is 2.13. The highest BCUT2D eigenvalue weighted by atomic mass is 16.7. The first-order valence-corrected chi connectivity index (χ1v) is 5.77. The summed E-state index contributed by atoms with van der Waals surface area (Å²) in [6.07, 6.45) is 1.52. The molecule has 0 saturated heterocycles. The molecule has 94 valence electrons. The zero-order valence-electron chi connectivity index (χ0n) is 9.96. The Morgan fingerprint density at radius 1 is 0.842 bits per heavy atom. The molecule has 4 nitrogen and oxygen atoms in total. The summed E-state index contributed by atoms with van der Waals surface area (Å²) in [5.41, 5.74) is 2.38. The van der Waals surface area contributed by atoms with Crippen molar-refractivity contribution in [1.29, 1.82) is 0 Å². The third-order valence-electron chi connectivity index (χ3n) is 3.05. The molecule has 0 aromatic heterocycles. The summed E-state index contributed by atoms with van der Waals surface area (Å²) in [5.74, 6) is 1.13. The first-order valence-electron chi connectivity index (χ1n) is 5.77. The molecule has 0 atom stereocenters. The number of ether oxygens (including phenoxy) is 2. The Morgan fingerprint density at radius 2 is 1.53 bits per heavy atom. The Bertz CT molecular complexity index is 661. The number of hydrogen-bond donors (Lipinski definition) is 0. The molecule has 0 saturated carbocycles. The van der Waals surface area contributed by atoms with E-state index in [1.54, 1.807) is 30.3 Å². The molecule has 0 spiro atoms. The minimum atomic E-state index is 0.145. The van der Waals surface area contributed by atoms with E-state index >= 15 is 0 Å². The van der Waals surface area contributed by atoms with Gasteiger partial charge in [-0.3, -0.25) is 9.59 Å². The molecule has 1 aliphatic heterocycles. The van der Waals surface area contributed by atoms with E-state index in [0.29, 0.717) is 33.8 Å². The Hall–Kier alpha value is -2.62. The molecule has 1 heterocycles. The van der Waals surface area contributed by atoms with Gasteiger partial charge in [0.05, 0.1) is 0 Å². The Balaban J connectivity index is 2.24. The van der Waals surface area contributed by atoms with Gasteiger partial charge in [0.1, 0.15) is 0 Å². The first kappa shape index (κ1) is 11.5. The van der Waals surface area contributed by atoms with Crippen molar-refractivity contribution >= 4 is 12.6 Å². The summed E-state index contributed by atoms with van der Waals surface area (Å²) in [6, 6.07) is 10.5. The van der Waals surface area contributed by atoms with Crippen LogP contribution in [-0.2, 0) is 0 Å². The van der Waals surface area contributed by atoms with Gasteiger partial charge in [-0.25, -0.2) is 0 Å². The van der Waals surface area contributed by atoms with Crippen molar-refractivity contribution in [3.8, 4) is 22.6 Å². The molecule has 0 bridgehead atoms. The van der Waals surface area contributed by atoms with Gasteiger partial charge in [-0.1, -0.05) is 24.3 Å². The van der Waals surface area contributed by atoms with E-state index in [2.05, 4.69) is 0 Å². The normalized spacial score (nSPS) is 12.2. The maximum Gasteiger partial charge on any atom is 0.231 e. The van der Waals surface area contributed by atoms with Gasteiger partial charge in [-0.2, -0.15) is 0 Å². The summed E-state index contributed by atoms with van der Waals surface area (Å²) < 4.78 is 10.5. The zero-order chi connectivity index (χ0) is 13.2. The highest BCUT2D eigenvalue weighted by Crippen LogP contribution is 2.38. The lowest BCUT2D eigenvalue weighted by molar-refractivity contribution is 0.111. The number of rotatable bonds is 3. The number of fused-ring (bicyclic) bond motifs is 1. The quantitative estimate of drug-likeness (QED) is 0.790. The van der Waals surface area contributed by atoms with Crippen LogP contribution in [0, 0.1) is 0 Å². The third kappa shape index (κ3) is 1.87. The zero-order valence-corrected chi connectivity index (χ0v) is 9.96. The molecule has 3 rings (SSSR count). The van der Waals surface area contributed by atoms with Crippen molar-refractivity contribution in [2.45, 2.75) is 0 Å². The minimum absolute atomic E-state index is 0.145. The monoisotopic (exact) mass is 254 g/mol. The van der Waals surface area contributed by atoms with Crippen molar-refractivity contribution in [1.82, 2.24) is 0 Å². The average molecular weight is 254 g/mol. The summed E-state index contributed by atoms with van der Waals surface area (Å²) in [5, 5.41) is 0. The van der Waals surface area contributed by atoms with E-state index in [-0.39, 0.29) is 6.79 Å². The van der Waals surface area contributed by atoms with Crippen LogP contribution < -0.4 is 9.47 Å². The molecule has 0 unspecified atom stereocenters. The lowest BCUT2D eigenvalue weighted by Gasteiger charge is -2.09. The Labute approximate surface area is 109 Å². The van der Waals surface area contributed by atoms with Crippen LogP contribution in [-0.4, -0.2) is 19.4 Å². The van der Waals surface area contributed by atoms with E-state index in [1.165, 1.54) is 0 Å². The fraction of sp³-hybridized carbons (Fsp3) is 0.0667. The predicted molar refractivity (Wildman–Crippen MR) is 68.8 cm³/mol. The third-order valence-corrected chi connectivity index (χ3v) is 3.05. The lowest BCUT2D eigenvalue weighted by Crippen LogP contribution is -1.93. The predicted octanol–water partition coefficient (Wildman–Crippen LogP) is 2.71. The maximum absolute atomic E-state index is 11.2. The fourth-order valence-corrected chi connectivity index (χ4v) is 2.13. The van der Waals surface area contributed by atoms with Crippen molar-refractivity contribution < 1.29 is 19.1 Å². The highest BCUT2D eigenvalue weighted by Gasteiger charge is 2.18. The molecule has 2 aromatic carbocycles. The second-order valence-corrected chi connectivity index (χ2v) is 4.12. The van der Waals surface area contributed by atoms with Crippen molar-refractivity contribution in [3.05, 3.63) is 47.5 Å². The van der Waals surface area contributed by atoms with Crippen molar-refractivity contribution in [2.75, 3.05) is 6.79 Å². The van der Waals surface area contributed by atoms with Gasteiger partial charge in [-0.05, 0) is 23.3 Å². The molecule has 0 N–H and O–H groups in total. The topological polar surface area (TPSA) is 52.6 Å². The van der Waals surface area contributed by atoms with Gasteiger partial charge >= 0.3 is 0 Å². The van der Waals surface area contributed by atoms with E-state index in [9.17, 15) is 9.59 Å². The van der Waals surface area contributed by atoms with Crippen LogP contribution in [0.15, 0.2) is 36.4 Å². The van der Waals surface area contributed by atoms with Crippen LogP contribution in [0.25, 0.3) is 11.1 Å². The summed E-state index contributed by atoms with van der Waals surface area (Å²) in [7, 11) is 0.